The molecule has 5 rings (SSSR count). The molecule has 3 N–H and O–H groups in total. The smallest absolute Gasteiger partial charge is 0.416 e. The van der Waals surface area contributed by atoms with Gasteiger partial charge >= 0.3 is 6.18 Å². The number of anilines is 2. The Morgan fingerprint density at radius 1 is 1.23 bits per heavy atom. The van der Waals surface area contributed by atoms with Crippen molar-refractivity contribution < 1.29 is 32.2 Å². The molecule has 0 saturated carbocycles. The van der Waals surface area contributed by atoms with Gasteiger partial charge in [0.1, 0.15) is 40.5 Å². The number of nitrogens with two attached hydrogens (primary N) is 1. The Hall–Kier alpha value is -4.72. The van der Waals surface area contributed by atoms with Gasteiger partial charge in [0, 0.05) is 29.7 Å². The van der Waals surface area contributed by atoms with Crippen LogP contribution in [0.1, 0.15) is 34.8 Å². The molecule has 0 radical (unpaired) electrons. The van der Waals surface area contributed by atoms with Crippen LogP contribution in [-0.4, -0.2) is 62.9 Å². The number of hydrogen-bond acceptors (Lipinski definition) is 8. The summed E-state index contributed by atoms with van der Waals surface area (Å²) in [4.78, 5) is 38.8. The van der Waals surface area contributed by atoms with E-state index in [4.69, 9.17) is 20.2 Å². The number of methoxy groups -OCH3 is 1. The summed E-state index contributed by atoms with van der Waals surface area (Å²) >= 11 is 0. The van der Waals surface area contributed by atoms with Gasteiger partial charge in [-0.15, -0.1) is 0 Å². The number of halogens is 3. The minimum Gasteiger partial charge on any atom is -0.496 e. The predicted molar refractivity (Wildman–Crippen MR) is 138 cm³/mol. The Balaban J connectivity index is 1.51. The van der Waals surface area contributed by atoms with Gasteiger partial charge in [-0.3, -0.25) is 14.0 Å². The first-order chi connectivity index (χ1) is 19.1. The lowest BCUT2D eigenvalue weighted by Gasteiger charge is -2.34. The first-order valence-corrected chi connectivity index (χ1v) is 12.1. The maximum atomic E-state index is 13.0. The average Bonchev–Trinajstić information content (AvgIpc) is 3.33. The molecule has 11 nitrogen and oxygen atoms in total. The van der Waals surface area contributed by atoms with Crippen LogP contribution in [0.5, 0.6) is 5.75 Å². The lowest BCUT2D eigenvalue weighted by atomic mass is 10.1. The van der Waals surface area contributed by atoms with Crippen LogP contribution in [-0.2, 0) is 15.7 Å². The molecule has 0 aliphatic carbocycles. The van der Waals surface area contributed by atoms with Crippen molar-refractivity contribution in [2.24, 2.45) is 0 Å². The molecule has 0 unspecified atom stereocenters. The topological polar surface area (TPSA) is 137 Å². The van der Waals surface area contributed by atoms with Crippen molar-refractivity contribution in [2.75, 3.05) is 31.3 Å². The summed E-state index contributed by atoms with van der Waals surface area (Å²) in [5.41, 5.74) is 6.78. The number of alkyl halides is 3. The normalized spacial score (nSPS) is 17.6. The highest BCUT2D eigenvalue weighted by Crippen LogP contribution is 2.37. The summed E-state index contributed by atoms with van der Waals surface area (Å²) in [5, 5.41) is 2.38. The Kier molecular flexibility index (Phi) is 7.02. The van der Waals surface area contributed by atoms with E-state index < -0.39 is 23.8 Å². The maximum Gasteiger partial charge on any atom is 0.416 e. The van der Waals surface area contributed by atoms with Crippen molar-refractivity contribution in [1.29, 1.82) is 0 Å². The third kappa shape index (κ3) is 5.00. The Labute approximate surface area is 225 Å². The summed E-state index contributed by atoms with van der Waals surface area (Å²) in [7, 11) is 1.41. The summed E-state index contributed by atoms with van der Waals surface area (Å²) in [5.74, 6) is 0.00112. The molecule has 4 aromatic rings. The van der Waals surface area contributed by atoms with Crippen LogP contribution in [0.3, 0.4) is 0 Å². The van der Waals surface area contributed by atoms with Crippen molar-refractivity contribution in [1.82, 2.24) is 24.3 Å². The van der Waals surface area contributed by atoms with E-state index in [2.05, 4.69) is 15.3 Å². The van der Waals surface area contributed by atoms with Crippen molar-refractivity contribution in [3.05, 3.63) is 65.9 Å². The third-order valence-corrected chi connectivity index (χ3v) is 6.56. The van der Waals surface area contributed by atoms with E-state index in [1.165, 1.54) is 25.4 Å². The number of carbonyl (C=O) groups is 2. The molecule has 0 bridgehead atoms. The summed E-state index contributed by atoms with van der Waals surface area (Å²) in [6.45, 7) is 2.49. The molecular weight excluding hydrogens is 531 g/mol. The molecule has 14 heteroatoms. The number of morpholine rings is 1. The Morgan fingerprint density at radius 2 is 2.02 bits per heavy atom. The number of carbonyl (C=O) groups excluding carboxylic acids is 2. The number of nitrogen functional groups attached to an aromatic ring is 1. The number of aromatic nitrogens is 4. The first kappa shape index (κ1) is 26.9. The van der Waals surface area contributed by atoms with Gasteiger partial charge in [-0.2, -0.15) is 13.2 Å². The SMILES string of the molecule is COc1cc(C(=O)Nc2cc(C(F)(F)F)ccn2)ccc1-c1nc([C@H]2CN(C=O)[C@@H](C)CO2)n2ccnc(N)c12. The number of nitrogens with one attached hydrogen (secondary N) is 1. The van der Waals surface area contributed by atoms with Crippen molar-refractivity contribution in [3.63, 3.8) is 0 Å². The number of imidazole rings is 1. The monoisotopic (exact) mass is 555 g/mol. The van der Waals surface area contributed by atoms with E-state index >= 15 is 0 Å². The van der Waals surface area contributed by atoms with Gasteiger partial charge < -0.3 is 25.4 Å². The van der Waals surface area contributed by atoms with Crippen LogP contribution < -0.4 is 15.8 Å². The van der Waals surface area contributed by atoms with E-state index in [1.54, 1.807) is 21.6 Å². The number of fused-ring (bicyclic) bond motifs is 1. The zero-order chi connectivity index (χ0) is 28.6. The fraction of sp³-hybridized carbons (Fsp3) is 0.269. The van der Waals surface area contributed by atoms with Gasteiger partial charge in [0.25, 0.3) is 5.91 Å². The van der Waals surface area contributed by atoms with E-state index in [1.807, 2.05) is 6.92 Å². The van der Waals surface area contributed by atoms with Crippen molar-refractivity contribution in [2.45, 2.75) is 25.2 Å². The largest absolute Gasteiger partial charge is 0.496 e. The second kappa shape index (κ2) is 10.4. The quantitative estimate of drug-likeness (QED) is 0.345. The number of amides is 2. The van der Waals surface area contributed by atoms with Crippen LogP contribution in [0, 0.1) is 0 Å². The molecule has 208 valence electrons. The van der Waals surface area contributed by atoms with Crippen LogP contribution in [0.15, 0.2) is 48.9 Å². The number of ether oxygens (including phenoxy) is 2. The number of hydrogen-bond donors (Lipinski definition) is 2. The minimum absolute atomic E-state index is 0.0869. The molecule has 2 atom stereocenters. The first-order valence-electron chi connectivity index (χ1n) is 12.1. The maximum absolute atomic E-state index is 13.0. The molecule has 2 amide bonds. The molecule has 1 aromatic carbocycles. The molecular formula is C26H24F3N7O4. The van der Waals surface area contributed by atoms with Crippen LogP contribution >= 0.6 is 0 Å². The summed E-state index contributed by atoms with van der Waals surface area (Å²) < 4.78 is 52.4. The van der Waals surface area contributed by atoms with Gasteiger partial charge in [0.15, 0.2) is 0 Å². The summed E-state index contributed by atoms with van der Waals surface area (Å²) in [6.07, 6.45) is -0.183. The highest BCUT2D eigenvalue weighted by molar-refractivity contribution is 6.04. The molecule has 1 fully saturated rings. The van der Waals surface area contributed by atoms with Gasteiger partial charge in [-0.05, 0) is 37.3 Å². The van der Waals surface area contributed by atoms with Gasteiger partial charge in [0.05, 0.1) is 31.9 Å². The zero-order valence-corrected chi connectivity index (χ0v) is 21.3. The highest BCUT2D eigenvalue weighted by Gasteiger charge is 2.32. The lowest BCUT2D eigenvalue weighted by Crippen LogP contribution is -2.44. The number of nitrogens with zero attached hydrogens (tertiary/aromatic N) is 5. The minimum atomic E-state index is -4.58. The fourth-order valence-electron chi connectivity index (χ4n) is 4.47. The molecule has 0 spiro atoms. The highest BCUT2D eigenvalue weighted by atomic mass is 19.4. The zero-order valence-electron chi connectivity index (χ0n) is 21.3. The number of rotatable bonds is 6. The molecule has 40 heavy (non-hydrogen) atoms. The van der Waals surface area contributed by atoms with Gasteiger partial charge in [-0.25, -0.2) is 15.0 Å². The molecule has 1 aliphatic rings. The third-order valence-electron chi connectivity index (χ3n) is 6.56. The molecule has 3 aromatic heterocycles. The average molecular weight is 556 g/mol. The number of benzene rings is 1. The van der Waals surface area contributed by atoms with Crippen molar-refractivity contribution in [3.8, 4) is 17.0 Å². The van der Waals surface area contributed by atoms with E-state index in [0.717, 1.165) is 24.7 Å². The van der Waals surface area contributed by atoms with Crippen LogP contribution in [0.25, 0.3) is 16.8 Å². The van der Waals surface area contributed by atoms with Crippen LogP contribution in [0.2, 0.25) is 0 Å². The molecule has 1 saturated heterocycles. The predicted octanol–water partition coefficient (Wildman–Crippen LogP) is 3.57. The fourth-order valence-corrected chi connectivity index (χ4v) is 4.47. The standard InChI is InChI=1S/C26H24F3N7O4/c1-14-12-40-19(11-35(14)13-37)24-34-21(22-23(30)32-7-8-36(22)24)17-4-3-15(9-18(17)39-2)25(38)33-20-10-16(5-6-31-20)26(27,28)29/h3-10,13-14,19H,11-12H2,1-2H3,(H2,30,32)(H,31,33,38)/t14-,19+/m0/s1. The van der Waals surface area contributed by atoms with Gasteiger partial charge in [-0.1, -0.05) is 0 Å². The van der Waals surface area contributed by atoms with E-state index in [0.29, 0.717) is 29.2 Å². The summed E-state index contributed by atoms with van der Waals surface area (Å²) in [6, 6.07) is 5.97. The van der Waals surface area contributed by atoms with E-state index in [-0.39, 0.29) is 35.5 Å². The Morgan fingerprint density at radius 3 is 2.75 bits per heavy atom. The van der Waals surface area contributed by atoms with E-state index in [9.17, 15) is 22.8 Å². The molecule has 4 heterocycles. The van der Waals surface area contributed by atoms with Crippen LogP contribution in [0.4, 0.5) is 24.8 Å². The second-order valence-corrected chi connectivity index (χ2v) is 9.12. The van der Waals surface area contributed by atoms with Crippen molar-refractivity contribution >= 4 is 29.5 Å². The second-order valence-electron chi connectivity index (χ2n) is 9.12. The number of pyridine rings is 1. The molecule has 1 aliphatic heterocycles. The van der Waals surface area contributed by atoms with Gasteiger partial charge in [0.2, 0.25) is 6.41 Å². The lowest BCUT2D eigenvalue weighted by molar-refractivity contribution is -0.137. The Bertz CT molecular complexity index is 1590.